The molecule has 0 saturated heterocycles. The average Bonchev–Trinajstić information content (AvgIpc) is 1.97. The van der Waals surface area contributed by atoms with E-state index in [2.05, 4.69) is 0 Å². The molecule has 3 heteroatoms. The SMILES string of the molecule is Cc1cc(F)c(F)c(F)c1C. The molecule has 1 aromatic carbocycles. The van der Waals surface area contributed by atoms with Crippen LogP contribution in [-0.4, -0.2) is 0 Å². The van der Waals surface area contributed by atoms with Crippen LogP contribution in [0.4, 0.5) is 13.2 Å². The molecule has 0 atom stereocenters. The van der Waals surface area contributed by atoms with Gasteiger partial charge in [-0.05, 0) is 31.0 Å². The van der Waals surface area contributed by atoms with Crippen LogP contribution in [0.5, 0.6) is 0 Å². The Morgan fingerprint density at radius 1 is 1.00 bits per heavy atom. The quantitative estimate of drug-likeness (QED) is 0.512. The van der Waals surface area contributed by atoms with Gasteiger partial charge in [0.15, 0.2) is 17.5 Å². The van der Waals surface area contributed by atoms with Crippen LogP contribution in [0.3, 0.4) is 0 Å². The molecule has 0 saturated carbocycles. The van der Waals surface area contributed by atoms with Gasteiger partial charge in [0.2, 0.25) is 0 Å². The molecule has 0 aliphatic carbocycles. The first kappa shape index (κ1) is 8.11. The van der Waals surface area contributed by atoms with E-state index >= 15 is 0 Å². The molecule has 0 N–H and O–H groups in total. The van der Waals surface area contributed by atoms with E-state index in [0.717, 1.165) is 6.07 Å². The molecule has 0 spiro atoms. The molecule has 60 valence electrons. The summed E-state index contributed by atoms with van der Waals surface area (Å²) in [5, 5.41) is 0. The second kappa shape index (κ2) is 2.57. The van der Waals surface area contributed by atoms with Gasteiger partial charge in [0, 0.05) is 0 Å². The van der Waals surface area contributed by atoms with Crippen molar-refractivity contribution in [2.45, 2.75) is 13.8 Å². The minimum Gasteiger partial charge on any atom is -0.204 e. The van der Waals surface area contributed by atoms with Gasteiger partial charge in [-0.3, -0.25) is 0 Å². The molecule has 0 radical (unpaired) electrons. The number of halogens is 3. The summed E-state index contributed by atoms with van der Waals surface area (Å²) in [6.07, 6.45) is 0. The van der Waals surface area contributed by atoms with E-state index in [1.807, 2.05) is 0 Å². The Balaban J connectivity index is 3.46. The number of hydrogen-bond acceptors (Lipinski definition) is 0. The van der Waals surface area contributed by atoms with Crippen LogP contribution in [0.2, 0.25) is 0 Å². The molecule has 0 nitrogen and oxygen atoms in total. The standard InChI is InChI=1S/C8H7F3/c1-4-3-6(9)8(11)7(10)5(4)2/h3H,1-2H3. The van der Waals surface area contributed by atoms with Gasteiger partial charge in [-0.2, -0.15) is 0 Å². The van der Waals surface area contributed by atoms with E-state index in [9.17, 15) is 13.2 Å². The van der Waals surface area contributed by atoms with Crippen LogP contribution in [-0.2, 0) is 0 Å². The number of benzene rings is 1. The summed E-state index contributed by atoms with van der Waals surface area (Å²) in [7, 11) is 0. The fraction of sp³-hybridized carbons (Fsp3) is 0.250. The minimum atomic E-state index is -1.40. The lowest BCUT2D eigenvalue weighted by molar-refractivity contribution is 0.442. The number of rotatable bonds is 0. The fourth-order valence-corrected chi connectivity index (χ4v) is 0.804. The monoisotopic (exact) mass is 160 g/mol. The molecule has 0 aliphatic heterocycles. The molecule has 1 rings (SSSR count). The van der Waals surface area contributed by atoms with Crippen molar-refractivity contribution in [2.24, 2.45) is 0 Å². The second-order valence-corrected chi connectivity index (χ2v) is 2.43. The van der Waals surface area contributed by atoms with Gasteiger partial charge < -0.3 is 0 Å². The lowest BCUT2D eigenvalue weighted by Gasteiger charge is -2.02. The van der Waals surface area contributed by atoms with Crippen LogP contribution >= 0.6 is 0 Å². The normalized spacial score (nSPS) is 10.3. The molecule has 1 aromatic rings. The van der Waals surface area contributed by atoms with E-state index in [4.69, 9.17) is 0 Å². The van der Waals surface area contributed by atoms with Gasteiger partial charge >= 0.3 is 0 Å². The summed E-state index contributed by atoms with van der Waals surface area (Å²) in [6.45, 7) is 2.94. The van der Waals surface area contributed by atoms with Gasteiger partial charge in [0.05, 0.1) is 0 Å². The van der Waals surface area contributed by atoms with Gasteiger partial charge in [-0.15, -0.1) is 0 Å². The van der Waals surface area contributed by atoms with Crippen molar-refractivity contribution in [1.82, 2.24) is 0 Å². The highest BCUT2D eigenvalue weighted by Gasteiger charge is 2.12. The Hall–Kier alpha value is -0.990. The molecule has 0 fully saturated rings. The van der Waals surface area contributed by atoms with Crippen LogP contribution in [0.1, 0.15) is 11.1 Å². The summed E-state index contributed by atoms with van der Waals surface area (Å²) < 4.78 is 37.5. The first-order chi connectivity index (χ1) is 5.04. The van der Waals surface area contributed by atoms with Crippen molar-refractivity contribution in [1.29, 1.82) is 0 Å². The predicted octanol–water partition coefficient (Wildman–Crippen LogP) is 2.72. The summed E-state index contributed by atoms with van der Waals surface area (Å²) >= 11 is 0. The van der Waals surface area contributed by atoms with E-state index in [1.165, 1.54) is 13.8 Å². The van der Waals surface area contributed by atoms with Crippen molar-refractivity contribution in [2.75, 3.05) is 0 Å². The molecule has 0 aliphatic rings. The van der Waals surface area contributed by atoms with E-state index in [1.54, 1.807) is 0 Å². The van der Waals surface area contributed by atoms with Crippen LogP contribution in [0.25, 0.3) is 0 Å². The van der Waals surface area contributed by atoms with Gasteiger partial charge in [0.25, 0.3) is 0 Å². The Morgan fingerprint density at radius 3 is 2.09 bits per heavy atom. The minimum absolute atomic E-state index is 0.156. The second-order valence-electron chi connectivity index (χ2n) is 2.43. The maximum absolute atomic E-state index is 12.6. The molecule has 0 amide bonds. The highest BCUT2D eigenvalue weighted by atomic mass is 19.2. The zero-order valence-corrected chi connectivity index (χ0v) is 6.21. The Bertz CT molecular complexity index is 266. The molecular formula is C8H7F3. The van der Waals surface area contributed by atoms with E-state index in [0.29, 0.717) is 5.56 Å². The third kappa shape index (κ3) is 1.23. The van der Waals surface area contributed by atoms with Crippen LogP contribution in [0, 0.1) is 31.3 Å². The molecule has 0 aromatic heterocycles. The maximum atomic E-state index is 12.6. The Kier molecular flexibility index (Phi) is 1.89. The van der Waals surface area contributed by atoms with Gasteiger partial charge in [0.1, 0.15) is 0 Å². The predicted molar refractivity (Wildman–Crippen MR) is 35.8 cm³/mol. The van der Waals surface area contributed by atoms with Crippen LogP contribution < -0.4 is 0 Å². The van der Waals surface area contributed by atoms with Crippen molar-refractivity contribution in [3.63, 3.8) is 0 Å². The zero-order chi connectivity index (χ0) is 8.59. The molecule has 11 heavy (non-hydrogen) atoms. The Morgan fingerprint density at radius 2 is 1.55 bits per heavy atom. The van der Waals surface area contributed by atoms with Crippen molar-refractivity contribution >= 4 is 0 Å². The summed E-state index contributed by atoms with van der Waals surface area (Å²) in [4.78, 5) is 0. The molecule has 0 unspecified atom stereocenters. The Labute approximate surface area is 62.7 Å². The van der Waals surface area contributed by atoms with Crippen molar-refractivity contribution < 1.29 is 13.2 Å². The van der Waals surface area contributed by atoms with Gasteiger partial charge in [-0.25, -0.2) is 13.2 Å². The van der Waals surface area contributed by atoms with Crippen LogP contribution in [0.15, 0.2) is 6.07 Å². The molecule has 0 heterocycles. The first-order valence-corrected chi connectivity index (χ1v) is 3.14. The third-order valence-corrected chi connectivity index (χ3v) is 1.67. The van der Waals surface area contributed by atoms with Crippen molar-refractivity contribution in [3.05, 3.63) is 34.6 Å². The number of aryl methyl sites for hydroxylation is 1. The van der Waals surface area contributed by atoms with E-state index < -0.39 is 17.5 Å². The maximum Gasteiger partial charge on any atom is 0.194 e. The lowest BCUT2D eigenvalue weighted by atomic mass is 10.1. The largest absolute Gasteiger partial charge is 0.204 e. The zero-order valence-electron chi connectivity index (χ0n) is 6.21. The topological polar surface area (TPSA) is 0 Å². The number of hydrogen-bond donors (Lipinski definition) is 0. The fourth-order valence-electron chi connectivity index (χ4n) is 0.804. The van der Waals surface area contributed by atoms with Gasteiger partial charge in [-0.1, -0.05) is 0 Å². The summed E-state index contributed by atoms with van der Waals surface area (Å²) in [6, 6.07) is 0.980. The first-order valence-electron chi connectivity index (χ1n) is 3.14. The lowest BCUT2D eigenvalue weighted by Crippen LogP contribution is -1.96. The highest BCUT2D eigenvalue weighted by molar-refractivity contribution is 5.27. The highest BCUT2D eigenvalue weighted by Crippen LogP contribution is 2.17. The smallest absolute Gasteiger partial charge is 0.194 e. The molecular weight excluding hydrogens is 153 g/mol. The van der Waals surface area contributed by atoms with E-state index in [-0.39, 0.29) is 5.56 Å². The average molecular weight is 160 g/mol. The summed E-state index contributed by atoms with van der Waals surface area (Å²) in [5.41, 5.74) is 0.574. The third-order valence-electron chi connectivity index (χ3n) is 1.67. The molecule has 0 bridgehead atoms. The van der Waals surface area contributed by atoms with Crippen molar-refractivity contribution in [3.8, 4) is 0 Å². The summed E-state index contributed by atoms with van der Waals surface area (Å²) in [5.74, 6) is -3.62.